The van der Waals surface area contributed by atoms with Crippen molar-refractivity contribution < 1.29 is 13.9 Å². The second kappa shape index (κ2) is 9.82. The molecule has 1 aromatic heterocycles. The highest BCUT2D eigenvalue weighted by Crippen LogP contribution is 2.41. The van der Waals surface area contributed by atoms with Gasteiger partial charge in [-0.3, -0.25) is 0 Å². The van der Waals surface area contributed by atoms with Gasteiger partial charge in [-0.25, -0.2) is 8.78 Å². The number of aryl methyl sites for hydroxylation is 1. The number of aliphatic hydroxyl groups is 1. The molecular formula is C24H29F2NOS. The van der Waals surface area contributed by atoms with Crippen LogP contribution in [0.4, 0.5) is 8.78 Å². The molecule has 0 radical (unpaired) electrons. The molecule has 0 saturated heterocycles. The molecule has 2 N–H and O–H groups in total. The maximum absolute atomic E-state index is 13.3. The van der Waals surface area contributed by atoms with Gasteiger partial charge in [-0.15, -0.1) is 17.1 Å². The standard InChI is InChI=1S/C24H29F2NOS/c1-3-17(2)19-13-23(29-16-19)24(9-5-4-6-10-24)27-15-22(28)8-7-18-11-20(25)14-21(26)12-18/h11-14,16,22,27-28H,1,4-10,15H2,2H3. The average molecular weight is 418 g/mol. The summed E-state index contributed by atoms with van der Waals surface area (Å²) in [5.74, 6) is -1.16. The van der Waals surface area contributed by atoms with Crippen LogP contribution in [0.25, 0.3) is 5.57 Å². The van der Waals surface area contributed by atoms with Crippen molar-refractivity contribution in [2.45, 2.75) is 63.5 Å². The lowest BCUT2D eigenvalue weighted by Crippen LogP contribution is -2.46. The van der Waals surface area contributed by atoms with Crippen molar-refractivity contribution in [3.63, 3.8) is 0 Å². The molecule has 29 heavy (non-hydrogen) atoms. The molecule has 1 unspecified atom stereocenters. The molecule has 1 saturated carbocycles. The largest absolute Gasteiger partial charge is 0.392 e. The van der Waals surface area contributed by atoms with Crippen LogP contribution in [-0.2, 0) is 12.0 Å². The van der Waals surface area contributed by atoms with E-state index in [1.807, 2.05) is 6.92 Å². The minimum atomic E-state index is -0.578. The van der Waals surface area contributed by atoms with E-state index in [0.29, 0.717) is 24.9 Å². The van der Waals surface area contributed by atoms with Gasteiger partial charge in [0.15, 0.2) is 0 Å². The molecule has 0 spiro atoms. The summed E-state index contributed by atoms with van der Waals surface area (Å²) < 4.78 is 26.7. The zero-order valence-corrected chi connectivity index (χ0v) is 17.8. The van der Waals surface area contributed by atoms with Gasteiger partial charge in [0.2, 0.25) is 0 Å². The molecule has 1 aromatic carbocycles. The Morgan fingerprint density at radius 1 is 1.21 bits per heavy atom. The number of allylic oxidation sites excluding steroid dienone is 1. The first kappa shape index (κ1) is 21.9. The molecule has 3 rings (SSSR count). The lowest BCUT2D eigenvalue weighted by atomic mass is 9.80. The third-order valence-electron chi connectivity index (χ3n) is 5.84. The normalized spacial score (nSPS) is 17.0. The van der Waals surface area contributed by atoms with E-state index in [1.54, 1.807) is 11.3 Å². The van der Waals surface area contributed by atoms with Crippen LogP contribution in [-0.4, -0.2) is 17.8 Å². The zero-order valence-electron chi connectivity index (χ0n) is 16.9. The second-order valence-corrected chi connectivity index (χ2v) is 8.91. The Balaban J connectivity index is 1.64. The Morgan fingerprint density at radius 3 is 2.55 bits per heavy atom. The molecule has 0 aliphatic heterocycles. The van der Waals surface area contributed by atoms with Crippen LogP contribution in [0, 0.1) is 11.6 Å². The highest BCUT2D eigenvalue weighted by atomic mass is 32.1. The van der Waals surface area contributed by atoms with E-state index in [1.165, 1.54) is 23.4 Å². The van der Waals surface area contributed by atoms with Gasteiger partial charge in [0.1, 0.15) is 11.6 Å². The van der Waals surface area contributed by atoms with Gasteiger partial charge in [-0.2, -0.15) is 0 Å². The first-order chi connectivity index (χ1) is 13.9. The second-order valence-electron chi connectivity index (χ2n) is 8.00. The fourth-order valence-corrected chi connectivity index (χ4v) is 5.25. The number of rotatable bonds is 8. The smallest absolute Gasteiger partial charge is 0.126 e. The fourth-order valence-electron chi connectivity index (χ4n) is 4.06. The predicted molar refractivity (Wildman–Crippen MR) is 116 cm³/mol. The third kappa shape index (κ3) is 5.64. The SMILES string of the molecule is C=C=C(C)c1csc(C2(NCC(O)CCc3cc(F)cc(F)c3)CCCCC2)c1. The first-order valence-corrected chi connectivity index (χ1v) is 11.1. The summed E-state index contributed by atoms with van der Waals surface area (Å²) in [6.07, 6.45) is 5.98. The molecule has 1 aliphatic rings. The molecule has 1 fully saturated rings. The van der Waals surface area contributed by atoms with Gasteiger partial charge < -0.3 is 10.4 Å². The van der Waals surface area contributed by atoms with Crippen LogP contribution in [0.3, 0.4) is 0 Å². The number of halogens is 2. The molecule has 1 heterocycles. The average Bonchev–Trinajstić information content (AvgIpc) is 3.21. The highest BCUT2D eigenvalue weighted by Gasteiger charge is 2.35. The lowest BCUT2D eigenvalue weighted by molar-refractivity contribution is 0.133. The minimum absolute atomic E-state index is 0.117. The van der Waals surface area contributed by atoms with Crippen molar-refractivity contribution >= 4 is 16.9 Å². The summed E-state index contributed by atoms with van der Waals surface area (Å²) in [5.41, 5.74) is 5.61. The summed E-state index contributed by atoms with van der Waals surface area (Å²) in [6.45, 7) is 6.21. The van der Waals surface area contributed by atoms with Gasteiger partial charge in [-0.1, -0.05) is 25.8 Å². The van der Waals surface area contributed by atoms with Gasteiger partial charge in [0, 0.05) is 17.5 Å². The maximum Gasteiger partial charge on any atom is 0.126 e. The van der Waals surface area contributed by atoms with Gasteiger partial charge in [-0.05, 0) is 72.9 Å². The van der Waals surface area contributed by atoms with E-state index in [-0.39, 0.29) is 5.54 Å². The van der Waals surface area contributed by atoms with E-state index in [0.717, 1.165) is 42.9 Å². The van der Waals surface area contributed by atoms with E-state index in [2.05, 4.69) is 29.1 Å². The summed E-state index contributed by atoms with van der Waals surface area (Å²) in [4.78, 5) is 1.29. The van der Waals surface area contributed by atoms with Crippen LogP contribution in [0.5, 0.6) is 0 Å². The Hall–Kier alpha value is -1.78. The van der Waals surface area contributed by atoms with Gasteiger partial charge >= 0.3 is 0 Å². The van der Waals surface area contributed by atoms with Crippen molar-refractivity contribution in [2.24, 2.45) is 0 Å². The molecular weight excluding hydrogens is 388 g/mol. The summed E-state index contributed by atoms with van der Waals surface area (Å²) in [7, 11) is 0. The van der Waals surface area contributed by atoms with Gasteiger partial charge in [0.05, 0.1) is 11.6 Å². The number of nitrogens with one attached hydrogen (secondary N) is 1. The summed E-state index contributed by atoms with van der Waals surface area (Å²) in [5, 5.41) is 16.3. The van der Waals surface area contributed by atoms with Crippen LogP contribution in [0.2, 0.25) is 0 Å². The molecule has 2 aromatic rings. The molecule has 2 nitrogen and oxygen atoms in total. The van der Waals surface area contributed by atoms with E-state index in [4.69, 9.17) is 0 Å². The Kier molecular flexibility index (Phi) is 7.42. The molecule has 0 amide bonds. The van der Waals surface area contributed by atoms with Crippen molar-refractivity contribution in [1.29, 1.82) is 0 Å². The summed E-state index contributed by atoms with van der Waals surface area (Å²) >= 11 is 1.75. The van der Waals surface area contributed by atoms with E-state index >= 15 is 0 Å². The zero-order chi connectivity index (χ0) is 20.9. The fraction of sp³-hybridized carbons (Fsp3) is 0.458. The molecule has 156 valence electrons. The molecule has 5 heteroatoms. The summed E-state index contributed by atoms with van der Waals surface area (Å²) in [6, 6.07) is 5.74. The highest BCUT2D eigenvalue weighted by molar-refractivity contribution is 7.10. The maximum atomic E-state index is 13.3. The number of hydrogen-bond donors (Lipinski definition) is 2. The monoisotopic (exact) mass is 417 g/mol. The number of aliphatic hydroxyl groups excluding tert-OH is 1. The van der Waals surface area contributed by atoms with Crippen molar-refractivity contribution in [1.82, 2.24) is 5.32 Å². The van der Waals surface area contributed by atoms with Gasteiger partial charge in [0.25, 0.3) is 0 Å². The number of hydrogen-bond acceptors (Lipinski definition) is 3. The molecule has 1 atom stereocenters. The third-order valence-corrected chi connectivity index (χ3v) is 6.98. The minimum Gasteiger partial charge on any atom is -0.392 e. The van der Waals surface area contributed by atoms with E-state index in [9.17, 15) is 13.9 Å². The predicted octanol–water partition coefficient (Wildman–Crippen LogP) is 5.96. The molecule has 1 aliphatic carbocycles. The van der Waals surface area contributed by atoms with Crippen molar-refractivity contribution in [3.8, 4) is 0 Å². The first-order valence-electron chi connectivity index (χ1n) is 10.3. The van der Waals surface area contributed by atoms with Crippen LogP contribution in [0.1, 0.15) is 61.5 Å². The molecule has 0 bridgehead atoms. The Bertz CT molecular complexity index is 859. The van der Waals surface area contributed by atoms with E-state index < -0.39 is 17.7 Å². The number of thiophene rings is 1. The van der Waals surface area contributed by atoms with Crippen LogP contribution < -0.4 is 5.32 Å². The quantitative estimate of drug-likeness (QED) is 0.520. The van der Waals surface area contributed by atoms with Crippen molar-refractivity contribution in [2.75, 3.05) is 6.54 Å². The van der Waals surface area contributed by atoms with Crippen LogP contribution >= 0.6 is 11.3 Å². The topological polar surface area (TPSA) is 32.3 Å². The Morgan fingerprint density at radius 2 is 1.90 bits per heavy atom. The number of benzene rings is 1. The van der Waals surface area contributed by atoms with Crippen LogP contribution in [0.15, 0.2) is 42.0 Å². The lowest BCUT2D eigenvalue weighted by Gasteiger charge is -2.38. The Labute approximate surface area is 176 Å². The van der Waals surface area contributed by atoms with Crippen molar-refractivity contribution in [3.05, 3.63) is 69.6 Å².